The second kappa shape index (κ2) is 12.7. The zero-order valence-corrected chi connectivity index (χ0v) is 22.0. The van der Waals surface area contributed by atoms with E-state index in [0.29, 0.717) is 22.6 Å². The molecule has 0 saturated heterocycles. The van der Waals surface area contributed by atoms with E-state index >= 15 is 0 Å². The van der Waals surface area contributed by atoms with Gasteiger partial charge in [-0.1, -0.05) is 30.7 Å². The molecule has 3 rings (SSSR count). The Labute approximate surface area is 213 Å². The monoisotopic (exact) mass is 495 g/mol. The summed E-state index contributed by atoms with van der Waals surface area (Å²) in [5.41, 5.74) is 3.29. The van der Waals surface area contributed by atoms with Crippen molar-refractivity contribution in [3.8, 4) is 0 Å². The number of allylic oxidation sites excluding steroid dienone is 1. The molecule has 0 bridgehead atoms. The molecule has 1 saturated carbocycles. The summed E-state index contributed by atoms with van der Waals surface area (Å²) in [6.45, 7) is 9.13. The van der Waals surface area contributed by atoms with Crippen LogP contribution in [0.2, 0.25) is 0 Å². The molecule has 0 spiro atoms. The van der Waals surface area contributed by atoms with Crippen LogP contribution in [0.3, 0.4) is 0 Å². The van der Waals surface area contributed by atoms with Crippen molar-refractivity contribution >= 4 is 29.7 Å². The van der Waals surface area contributed by atoms with Gasteiger partial charge in [0.1, 0.15) is 12.0 Å². The number of ether oxygens (including phenoxy) is 3. The molecule has 7 nitrogen and oxygen atoms in total. The van der Waals surface area contributed by atoms with Crippen molar-refractivity contribution in [2.24, 2.45) is 10.9 Å². The molecule has 1 heterocycles. The van der Waals surface area contributed by atoms with Crippen molar-refractivity contribution in [1.82, 2.24) is 0 Å². The predicted molar refractivity (Wildman–Crippen MR) is 138 cm³/mol. The van der Waals surface area contributed by atoms with Crippen molar-refractivity contribution in [2.75, 3.05) is 13.2 Å². The first-order chi connectivity index (χ1) is 17.3. The smallest absolute Gasteiger partial charge is 0.336 e. The highest BCUT2D eigenvalue weighted by Crippen LogP contribution is 2.42. The number of carbonyl (C=O) groups excluding carboxylic acids is 3. The van der Waals surface area contributed by atoms with E-state index in [1.807, 2.05) is 24.3 Å². The van der Waals surface area contributed by atoms with Gasteiger partial charge in [0.05, 0.1) is 18.8 Å². The van der Waals surface area contributed by atoms with Crippen LogP contribution < -0.4 is 0 Å². The van der Waals surface area contributed by atoms with E-state index in [-0.39, 0.29) is 25.3 Å². The summed E-state index contributed by atoms with van der Waals surface area (Å²) in [6.07, 6.45) is 6.83. The maximum Gasteiger partial charge on any atom is 0.336 e. The van der Waals surface area contributed by atoms with Crippen LogP contribution in [0.5, 0.6) is 0 Å². The second-order valence-electron chi connectivity index (χ2n) is 9.30. The van der Waals surface area contributed by atoms with Crippen LogP contribution in [0.25, 0.3) is 6.08 Å². The van der Waals surface area contributed by atoms with Crippen LogP contribution >= 0.6 is 0 Å². The molecule has 2 aliphatic rings. The van der Waals surface area contributed by atoms with Gasteiger partial charge < -0.3 is 14.2 Å². The Morgan fingerprint density at radius 1 is 1.00 bits per heavy atom. The zero-order chi connectivity index (χ0) is 26.2. The second-order valence-corrected chi connectivity index (χ2v) is 9.30. The van der Waals surface area contributed by atoms with Gasteiger partial charge in [0, 0.05) is 22.9 Å². The van der Waals surface area contributed by atoms with E-state index in [1.54, 1.807) is 40.7 Å². The third-order valence-corrected chi connectivity index (χ3v) is 6.72. The number of aliphatic imine (C=N–C) groups is 1. The van der Waals surface area contributed by atoms with Crippen molar-refractivity contribution in [1.29, 1.82) is 0 Å². The minimum atomic E-state index is -0.794. The molecule has 0 radical (unpaired) electrons. The summed E-state index contributed by atoms with van der Waals surface area (Å²) in [5.74, 6) is -2.78. The van der Waals surface area contributed by atoms with Crippen LogP contribution in [0.15, 0.2) is 46.1 Å². The lowest BCUT2D eigenvalue weighted by molar-refractivity contribution is -0.147. The maximum atomic E-state index is 13.1. The largest absolute Gasteiger partial charge is 0.465 e. The Kier molecular flexibility index (Phi) is 9.62. The summed E-state index contributed by atoms with van der Waals surface area (Å²) < 4.78 is 16.5. The molecule has 194 valence electrons. The molecular formula is C29H37NO6. The minimum Gasteiger partial charge on any atom is -0.465 e. The first-order valence-electron chi connectivity index (χ1n) is 12.9. The molecule has 7 heteroatoms. The molecule has 0 N–H and O–H groups in total. The lowest BCUT2D eigenvalue weighted by Gasteiger charge is -2.32. The molecular weight excluding hydrogens is 458 g/mol. The Morgan fingerprint density at radius 3 is 2.33 bits per heavy atom. The van der Waals surface area contributed by atoms with E-state index in [4.69, 9.17) is 14.2 Å². The number of hydrogen-bond acceptors (Lipinski definition) is 7. The van der Waals surface area contributed by atoms with Crippen molar-refractivity contribution in [3.63, 3.8) is 0 Å². The fourth-order valence-corrected chi connectivity index (χ4v) is 5.03. The fraction of sp³-hybridized carbons (Fsp3) is 0.517. The molecule has 0 amide bonds. The lowest BCUT2D eigenvalue weighted by Crippen LogP contribution is -2.37. The molecule has 1 aromatic rings. The van der Waals surface area contributed by atoms with Crippen molar-refractivity contribution in [2.45, 2.75) is 78.7 Å². The topological polar surface area (TPSA) is 91.3 Å². The number of carbonyl (C=O) groups is 3. The molecule has 2 atom stereocenters. The summed E-state index contributed by atoms with van der Waals surface area (Å²) in [7, 11) is 0. The molecule has 1 aliphatic carbocycles. The van der Waals surface area contributed by atoms with Crippen LogP contribution in [0, 0.1) is 5.92 Å². The molecule has 1 aliphatic heterocycles. The highest BCUT2D eigenvalue weighted by Gasteiger charge is 2.43. The summed E-state index contributed by atoms with van der Waals surface area (Å²) in [6, 6.07) is 7.45. The first-order valence-corrected chi connectivity index (χ1v) is 12.9. The summed E-state index contributed by atoms with van der Waals surface area (Å²) >= 11 is 0. The van der Waals surface area contributed by atoms with E-state index in [1.165, 1.54) is 6.42 Å². The van der Waals surface area contributed by atoms with Gasteiger partial charge in [-0.05, 0) is 77.5 Å². The number of nitrogens with zero attached hydrogens (tertiary/aromatic N) is 1. The van der Waals surface area contributed by atoms with Gasteiger partial charge in [0.25, 0.3) is 0 Å². The standard InChI is InChI=1S/C29H37NO6/c1-6-34-28(32)24-19(4)30-20(5)25(29(33)35-7-2)26(24)23-16-12-11-13-21(23)17-18(3)27(31)36-22-14-9-8-10-15-22/h11-13,16-17,22,24,26H,6-10,14-15H2,1-5H3. The van der Waals surface area contributed by atoms with Gasteiger partial charge in [-0.25, -0.2) is 9.59 Å². The SMILES string of the molecule is CCOC(=O)C1=C(C)N=C(C)C(C(=O)OCC)C1c1ccccc1C=C(C)C(=O)OC1CCCCC1. The molecule has 1 fully saturated rings. The van der Waals surface area contributed by atoms with E-state index < -0.39 is 23.8 Å². The number of esters is 3. The fourth-order valence-electron chi connectivity index (χ4n) is 5.03. The average Bonchev–Trinajstić information content (AvgIpc) is 2.84. The van der Waals surface area contributed by atoms with Gasteiger partial charge in [0.15, 0.2) is 0 Å². The molecule has 0 aromatic heterocycles. The predicted octanol–water partition coefficient (Wildman–Crippen LogP) is 5.54. The first kappa shape index (κ1) is 27.4. The number of benzene rings is 1. The average molecular weight is 496 g/mol. The Morgan fingerprint density at radius 2 is 1.67 bits per heavy atom. The molecule has 1 aromatic carbocycles. The third kappa shape index (κ3) is 6.31. The van der Waals surface area contributed by atoms with Gasteiger partial charge in [-0.2, -0.15) is 0 Å². The van der Waals surface area contributed by atoms with Crippen LogP contribution in [0.4, 0.5) is 0 Å². The maximum absolute atomic E-state index is 13.1. The molecule has 36 heavy (non-hydrogen) atoms. The van der Waals surface area contributed by atoms with Gasteiger partial charge in [-0.15, -0.1) is 0 Å². The Hall–Kier alpha value is -3.22. The number of hydrogen-bond donors (Lipinski definition) is 0. The van der Waals surface area contributed by atoms with Crippen molar-refractivity contribution < 1.29 is 28.6 Å². The number of rotatable bonds is 8. The quantitative estimate of drug-likeness (QED) is 0.267. The van der Waals surface area contributed by atoms with E-state index in [2.05, 4.69) is 4.99 Å². The van der Waals surface area contributed by atoms with Gasteiger partial charge >= 0.3 is 17.9 Å². The minimum absolute atomic E-state index is 0.0451. The lowest BCUT2D eigenvalue weighted by atomic mass is 9.74. The zero-order valence-electron chi connectivity index (χ0n) is 22.0. The third-order valence-electron chi connectivity index (χ3n) is 6.72. The van der Waals surface area contributed by atoms with E-state index in [0.717, 1.165) is 36.8 Å². The van der Waals surface area contributed by atoms with Gasteiger partial charge in [0.2, 0.25) is 0 Å². The normalized spacial score (nSPS) is 21.0. The Balaban J connectivity index is 2.05. The van der Waals surface area contributed by atoms with Crippen LogP contribution in [0.1, 0.15) is 83.8 Å². The van der Waals surface area contributed by atoms with E-state index in [9.17, 15) is 14.4 Å². The molecule has 2 unspecified atom stereocenters. The highest BCUT2D eigenvalue weighted by atomic mass is 16.5. The highest BCUT2D eigenvalue weighted by molar-refractivity contribution is 6.07. The van der Waals surface area contributed by atoms with Crippen LogP contribution in [-0.2, 0) is 28.6 Å². The Bertz CT molecular complexity index is 1080. The van der Waals surface area contributed by atoms with Crippen LogP contribution in [-0.4, -0.2) is 42.9 Å². The van der Waals surface area contributed by atoms with Crippen molar-refractivity contribution in [3.05, 3.63) is 52.2 Å². The summed E-state index contributed by atoms with van der Waals surface area (Å²) in [5, 5.41) is 0. The van der Waals surface area contributed by atoms with Gasteiger partial charge in [-0.3, -0.25) is 9.79 Å². The summed E-state index contributed by atoms with van der Waals surface area (Å²) in [4.78, 5) is 43.6.